The molecule has 0 aliphatic heterocycles. The van der Waals surface area contributed by atoms with E-state index in [1.807, 2.05) is 16.0 Å². The highest BCUT2D eigenvalue weighted by molar-refractivity contribution is 7.84. The standard InChI is InChI=1S/C10H15N3O2S2/c1-15-9-8(7-11-3-6-17(2)14)13-4-5-16-10(13)12-9/h4-5,11H,3,6-7H2,1-2H3. The molecule has 7 heteroatoms. The highest BCUT2D eigenvalue weighted by atomic mass is 32.2. The van der Waals surface area contributed by atoms with Gasteiger partial charge < -0.3 is 10.1 Å². The molecule has 2 aromatic heterocycles. The third kappa shape index (κ3) is 2.85. The van der Waals surface area contributed by atoms with E-state index in [2.05, 4.69) is 10.3 Å². The van der Waals surface area contributed by atoms with E-state index >= 15 is 0 Å². The van der Waals surface area contributed by atoms with E-state index in [-0.39, 0.29) is 0 Å². The molecule has 1 N–H and O–H groups in total. The van der Waals surface area contributed by atoms with Gasteiger partial charge in [0.15, 0.2) is 4.96 Å². The minimum atomic E-state index is -0.754. The van der Waals surface area contributed by atoms with Crippen LogP contribution in [0.15, 0.2) is 11.6 Å². The van der Waals surface area contributed by atoms with Crippen LogP contribution in [-0.4, -0.2) is 39.3 Å². The Morgan fingerprint density at radius 3 is 3.18 bits per heavy atom. The summed E-state index contributed by atoms with van der Waals surface area (Å²) in [5.74, 6) is 1.32. The van der Waals surface area contributed by atoms with E-state index in [1.165, 1.54) is 0 Å². The summed E-state index contributed by atoms with van der Waals surface area (Å²) in [6, 6.07) is 0. The first-order valence-corrected chi connectivity index (χ1v) is 7.82. The number of ether oxygens (including phenoxy) is 1. The molecular weight excluding hydrogens is 258 g/mol. The van der Waals surface area contributed by atoms with E-state index in [0.29, 0.717) is 18.2 Å². The maximum Gasteiger partial charge on any atom is 0.237 e. The predicted molar refractivity (Wildman–Crippen MR) is 70.3 cm³/mol. The summed E-state index contributed by atoms with van der Waals surface area (Å²) in [4.78, 5) is 5.29. The number of fused-ring (bicyclic) bond motifs is 1. The molecule has 1 unspecified atom stereocenters. The van der Waals surface area contributed by atoms with Crippen LogP contribution < -0.4 is 10.1 Å². The number of nitrogens with zero attached hydrogens (tertiary/aromatic N) is 2. The van der Waals surface area contributed by atoms with Gasteiger partial charge in [0.2, 0.25) is 5.88 Å². The van der Waals surface area contributed by atoms with Gasteiger partial charge in [-0.3, -0.25) is 8.61 Å². The summed E-state index contributed by atoms with van der Waals surface area (Å²) in [7, 11) is 0.868. The third-order valence-corrected chi connectivity index (χ3v) is 3.91. The van der Waals surface area contributed by atoms with Crippen LogP contribution in [0.4, 0.5) is 0 Å². The molecular formula is C10H15N3O2S2. The van der Waals surface area contributed by atoms with Gasteiger partial charge in [0.1, 0.15) is 5.69 Å². The van der Waals surface area contributed by atoms with Crippen molar-refractivity contribution < 1.29 is 8.95 Å². The van der Waals surface area contributed by atoms with Gasteiger partial charge in [-0.25, -0.2) is 0 Å². The summed E-state index contributed by atoms with van der Waals surface area (Å²) >= 11 is 1.58. The zero-order chi connectivity index (χ0) is 12.3. The largest absolute Gasteiger partial charge is 0.480 e. The fourth-order valence-corrected chi connectivity index (χ4v) is 2.72. The molecule has 0 aromatic carbocycles. The maximum absolute atomic E-state index is 10.9. The number of hydrogen-bond acceptors (Lipinski definition) is 5. The Morgan fingerprint density at radius 2 is 2.47 bits per heavy atom. The van der Waals surface area contributed by atoms with E-state index in [9.17, 15) is 4.21 Å². The third-order valence-electron chi connectivity index (χ3n) is 2.38. The van der Waals surface area contributed by atoms with Crippen LogP contribution in [-0.2, 0) is 17.3 Å². The van der Waals surface area contributed by atoms with Crippen LogP contribution in [0.25, 0.3) is 4.96 Å². The first-order valence-electron chi connectivity index (χ1n) is 5.21. The summed E-state index contributed by atoms with van der Waals surface area (Å²) in [6.07, 6.45) is 3.68. The number of aromatic nitrogens is 2. The molecule has 5 nitrogen and oxygen atoms in total. The number of imidazole rings is 1. The van der Waals surface area contributed by atoms with Gasteiger partial charge in [-0.2, -0.15) is 4.98 Å². The second-order valence-electron chi connectivity index (χ2n) is 3.58. The Labute approximate surface area is 106 Å². The van der Waals surface area contributed by atoms with Crippen molar-refractivity contribution in [1.82, 2.24) is 14.7 Å². The number of hydrogen-bond donors (Lipinski definition) is 1. The molecule has 2 heterocycles. The van der Waals surface area contributed by atoms with Crippen molar-refractivity contribution in [2.24, 2.45) is 0 Å². The van der Waals surface area contributed by atoms with Crippen molar-refractivity contribution in [3.8, 4) is 5.88 Å². The molecule has 1 atom stereocenters. The molecule has 17 heavy (non-hydrogen) atoms. The molecule has 2 rings (SSSR count). The molecule has 0 aliphatic rings. The highest BCUT2D eigenvalue weighted by Crippen LogP contribution is 2.22. The maximum atomic E-state index is 10.9. The van der Waals surface area contributed by atoms with Crippen molar-refractivity contribution >= 4 is 27.1 Å². The molecule has 0 bridgehead atoms. The quantitative estimate of drug-likeness (QED) is 0.794. The number of rotatable bonds is 6. The van der Waals surface area contributed by atoms with Crippen LogP contribution in [0.1, 0.15) is 5.69 Å². The first-order chi connectivity index (χ1) is 8.22. The second kappa shape index (κ2) is 5.61. The molecule has 0 amide bonds. The normalized spacial score (nSPS) is 13.1. The number of nitrogens with one attached hydrogen (secondary N) is 1. The Balaban J connectivity index is 2.05. The fourth-order valence-electron chi connectivity index (χ4n) is 1.56. The lowest BCUT2D eigenvalue weighted by atomic mass is 10.4. The summed E-state index contributed by atoms with van der Waals surface area (Å²) in [6.45, 7) is 1.39. The minimum Gasteiger partial charge on any atom is -0.480 e. The topological polar surface area (TPSA) is 55.6 Å². The molecule has 94 valence electrons. The summed E-state index contributed by atoms with van der Waals surface area (Å²) < 4.78 is 18.2. The van der Waals surface area contributed by atoms with Gasteiger partial charge in [0.05, 0.1) is 7.11 Å². The molecule has 0 saturated carbocycles. The Morgan fingerprint density at radius 1 is 1.65 bits per heavy atom. The van der Waals surface area contributed by atoms with Gasteiger partial charge >= 0.3 is 0 Å². The van der Waals surface area contributed by atoms with Crippen LogP contribution in [0.5, 0.6) is 5.88 Å². The van der Waals surface area contributed by atoms with Gasteiger partial charge in [0.25, 0.3) is 0 Å². The first kappa shape index (κ1) is 12.5. The molecule has 0 saturated heterocycles. The number of methoxy groups -OCH3 is 1. The predicted octanol–water partition coefficient (Wildman–Crippen LogP) is 0.873. The van der Waals surface area contributed by atoms with E-state index in [0.717, 1.165) is 17.2 Å². The van der Waals surface area contributed by atoms with E-state index in [1.54, 1.807) is 24.7 Å². The average Bonchev–Trinajstić information content (AvgIpc) is 2.84. The minimum absolute atomic E-state index is 0.655. The van der Waals surface area contributed by atoms with Gasteiger partial charge in [-0.1, -0.05) is 0 Å². The Kier molecular flexibility index (Phi) is 4.14. The van der Waals surface area contributed by atoms with Crippen LogP contribution in [0, 0.1) is 0 Å². The second-order valence-corrected chi connectivity index (χ2v) is 6.01. The van der Waals surface area contributed by atoms with Crippen LogP contribution in [0.2, 0.25) is 0 Å². The van der Waals surface area contributed by atoms with Gasteiger partial charge in [-0.15, -0.1) is 11.3 Å². The van der Waals surface area contributed by atoms with E-state index in [4.69, 9.17) is 4.74 Å². The molecule has 2 aromatic rings. The number of thiazole rings is 1. The Hall–Kier alpha value is -0.920. The molecule has 0 fully saturated rings. The lowest BCUT2D eigenvalue weighted by Crippen LogP contribution is -2.20. The SMILES string of the molecule is COc1nc2sccn2c1CNCCS(C)=O. The highest BCUT2D eigenvalue weighted by Gasteiger charge is 2.12. The molecule has 0 spiro atoms. The molecule has 0 aliphatic carbocycles. The Bertz CT molecular complexity index is 521. The van der Waals surface area contributed by atoms with Gasteiger partial charge in [0, 0.05) is 47.5 Å². The smallest absolute Gasteiger partial charge is 0.237 e. The fraction of sp³-hybridized carbons (Fsp3) is 0.500. The lowest BCUT2D eigenvalue weighted by molar-refractivity contribution is 0.393. The van der Waals surface area contributed by atoms with Crippen molar-refractivity contribution in [3.63, 3.8) is 0 Å². The summed E-state index contributed by atoms with van der Waals surface area (Å²) in [5.41, 5.74) is 1.01. The molecule has 0 radical (unpaired) electrons. The zero-order valence-electron chi connectivity index (χ0n) is 9.80. The average molecular weight is 273 g/mol. The van der Waals surface area contributed by atoms with Crippen LogP contribution >= 0.6 is 11.3 Å². The van der Waals surface area contributed by atoms with Crippen LogP contribution in [0.3, 0.4) is 0 Å². The van der Waals surface area contributed by atoms with Crippen molar-refractivity contribution in [3.05, 3.63) is 17.3 Å². The van der Waals surface area contributed by atoms with E-state index < -0.39 is 10.8 Å². The lowest BCUT2D eigenvalue weighted by Gasteiger charge is -2.04. The summed E-state index contributed by atoms with van der Waals surface area (Å²) in [5, 5.41) is 5.24. The zero-order valence-corrected chi connectivity index (χ0v) is 11.4. The van der Waals surface area contributed by atoms with Gasteiger partial charge in [-0.05, 0) is 0 Å². The van der Waals surface area contributed by atoms with Crippen molar-refractivity contribution in [2.75, 3.05) is 25.7 Å². The van der Waals surface area contributed by atoms with Crippen molar-refractivity contribution in [1.29, 1.82) is 0 Å². The van der Waals surface area contributed by atoms with Crippen molar-refractivity contribution in [2.45, 2.75) is 6.54 Å². The monoisotopic (exact) mass is 273 g/mol.